The summed E-state index contributed by atoms with van der Waals surface area (Å²) in [6, 6.07) is -1.25. The molecule has 15 heteroatoms. The van der Waals surface area contributed by atoms with Crippen LogP contribution in [-0.4, -0.2) is 95.1 Å². The van der Waals surface area contributed by atoms with Gasteiger partial charge in [-0.2, -0.15) is 0 Å². The van der Waals surface area contributed by atoms with Crippen molar-refractivity contribution in [2.24, 2.45) is 11.5 Å². The predicted octanol–water partition coefficient (Wildman–Crippen LogP) is -3.55. The van der Waals surface area contributed by atoms with Crippen molar-refractivity contribution in [2.45, 2.75) is 48.3 Å². The van der Waals surface area contributed by atoms with Gasteiger partial charge in [-0.1, -0.05) is 11.8 Å². The molecule has 2 aromatic rings. The van der Waals surface area contributed by atoms with E-state index < -0.39 is 54.6 Å². The van der Waals surface area contributed by atoms with Gasteiger partial charge in [0.2, 0.25) is 5.91 Å². The standard InChI is InChI=1S/C16H23N7O7S/c1-5(25)7(17)13(28)20-11-8-12(22-15(21-11)31-2)23(4-19-8)16(14(18)29)10(27)9(26)6(3-24)30-16/h4-7,9-10,24-27H,3,17H2,1-2H3,(H2,18,29)(H,20,21,22,28)/t5-,6-,7+,9-,10-,16+/m1/s1. The molecule has 3 heterocycles. The van der Waals surface area contributed by atoms with Gasteiger partial charge in [0.05, 0.1) is 12.7 Å². The minimum Gasteiger partial charge on any atom is -0.394 e. The number of imidazole rings is 1. The molecule has 0 bridgehead atoms. The van der Waals surface area contributed by atoms with Crippen LogP contribution in [0.25, 0.3) is 11.2 Å². The van der Waals surface area contributed by atoms with E-state index in [1.807, 2.05) is 0 Å². The van der Waals surface area contributed by atoms with Crippen molar-refractivity contribution in [3.8, 4) is 0 Å². The Morgan fingerprint density at radius 1 is 1.42 bits per heavy atom. The summed E-state index contributed by atoms with van der Waals surface area (Å²) in [5, 5.41) is 42.4. The maximum absolute atomic E-state index is 12.4. The first-order valence-corrected chi connectivity index (χ1v) is 10.3. The molecular weight excluding hydrogens is 434 g/mol. The molecule has 1 saturated heterocycles. The topological polar surface area (TPSA) is 232 Å². The maximum Gasteiger partial charge on any atom is 0.274 e. The van der Waals surface area contributed by atoms with Crippen LogP contribution in [0.4, 0.5) is 5.82 Å². The first-order valence-electron chi connectivity index (χ1n) is 9.07. The van der Waals surface area contributed by atoms with Gasteiger partial charge in [-0.3, -0.25) is 14.2 Å². The van der Waals surface area contributed by atoms with Gasteiger partial charge >= 0.3 is 0 Å². The largest absolute Gasteiger partial charge is 0.394 e. The third kappa shape index (κ3) is 3.73. The highest BCUT2D eigenvalue weighted by Crippen LogP contribution is 2.38. The molecule has 0 saturated carbocycles. The Kier molecular flexibility index (Phi) is 6.47. The summed E-state index contributed by atoms with van der Waals surface area (Å²) in [6.45, 7) is 0.656. The molecule has 0 radical (unpaired) electrons. The number of nitrogens with one attached hydrogen (secondary N) is 1. The molecule has 2 amide bonds. The number of thioether (sulfide) groups is 1. The molecule has 170 valence electrons. The number of primary amides is 1. The number of fused-ring (bicyclic) bond motifs is 1. The Morgan fingerprint density at radius 3 is 2.61 bits per heavy atom. The van der Waals surface area contributed by atoms with Crippen molar-refractivity contribution >= 4 is 40.6 Å². The van der Waals surface area contributed by atoms with Gasteiger partial charge in [-0.25, -0.2) is 15.0 Å². The number of nitrogens with two attached hydrogens (primary N) is 2. The predicted molar refractivity (Wildman–Crippen MR) is 107 cm³/mol. The number of anilines is 1. The summed E-state index contributed by atoms with van der Waals surface area (Å²) in [5.74, 6) is -1.98. The highest BCUT2D eigenvalue weighted by Gasteiger charge is 2.60. The monoisotopic (exact) mass is 457 g/mol. The number of nitrogens with zero attached hydrogens (tertiary/aromatic N) is 4. The molecule has 3 rings (SSSR count). The second-order valence-electron chi connectivity index (χ2n) is 6.94. The number of carbonyl (C=O) groups excluding carboxylic acids is 2. The summed E-state index contributed by atoms with van der Waals surface area (Å²) in [7, 11) is 0. The van der Waals surface area contributed by atoms with Crippen LogP contribution in [0.15, 0.2) is 11.5 Å². The second-order valence-corrected chi connectivity index (χ2v) is 7.71. The molecule has 6 atom stereocenters. The molecule has 1 aliphatic rings. The molecule has 1 aliphatic heterocycles. The number of aliphatic hydroxyl groups is 4. The lowest BCUT2D eigenvalue weighted by molar-refractivity contribution is -0.173. The van der Waals surface area contributed by atoms with Gasteiger partial charge in [0.15, 0.2) is 22.1 Å². The second kappa shape index (κ2) is 8.62. The molecule has 14 nitrogen and oxygen atoms in total. The van der Waals surface area contributed by atoms with Crippen LogP contribution in [0.1, 0.15) is 6.92 Å². The molecule has 0 aromatic carbocycles. The minimum atomic E-state index is -2.33. The number of ether oxygens (including phenoxy) is 1. The SMILES string of the molecule is CSc1nc(NC(=O)[C@@H](N)[C@@H](C)O)c2ncn([C@]3(C(N)=O)O[C@H](CO)[C@@H](O)[C@H]3O)c2n1. The lowest BCUT2D eigenvalue weighted by Crippen LogP contribution is -2.54. The normalized spacial score (nSPS) is 27.9. The number of aromatic nitrogens is 4. The average Bonchev–Trinajstić information content (AvgIpc) is 3.27. The van der Waals surface area contributed by atoms with E-state index in [4.69, 9.17) is 16.2 Å². The van der Waals surface area contributed by atoms with Crippen LogP contribution < -0.4 is 16.8 Å². The fourth-order valence-corrected chi connectivity index (χ4v) is 3.55. The van der Waals surface area contributed by atoms with E-state index in [9.17, 15) is 30.0 Å². The minimum absolute atomic E-state index is 0.00214. The van der Waals surface area contributed by atoms with Crippen molar-refractivity contribution in [3.05, 3.63) is 6.33 Å². The highest BCUT2D eigenvalue weighted by atomic mass is 32.2. The third-order valence-corrected chi connectivity index (χ3v) is 5.50. The van der Waals surface area contributed by atoms with Gasteiger partial charge in [0.1, 0.15) is 30.7 Å². The summed E-state index contributed by atoms with van der Waals surface area (Å²) in [6.07, 6.45) is -3.18. The van der Waals surface area contributed by atoms with E-state index in [1.54, 1.807) is 6.26 Å². The van der Waals surface area contributed by atoms with Crippen LogP contribution in [0.2, 0.25) is 0 Å². The van der Waals surface area contributed by atoms with Gasteiger partial charge in [-0.15, -0.1) is 0 Å². The number of hydrogen-bond donors (Lipinski definition) is 7. The van der Waals surface area contributed by atoms with Gasteiger partial charge in [0, 0.05) is 0 Å². The number of hydrogen-bond acceptors (Lipinski definition) is 12. The summed E-state index contributed by atoms with van der Waals surface area (Å²) < 4.78 is 6.51. The highest BCUT2D eigenvalue weighted by molar-refractivity contribution is 7.98. The molecular formula is C16H23N7O7S. The first-order chi connectivity index (χ1) is 14.6. The maximum atomic E-state index is 12.4. The smallest absolute Gasteiger partial charge is 0.274 e. The van der Waals surface area contributed by atoms with Crippen molar-refractivity contribution in [1.29, 1.82) is 0 Å². The van der Waals surface area contributed by atoms with Crippen LogP contribution in [0, 0.1) is 0 Å². The lowest BCUT2D eigenvalue weighted by atomic mass is 10.0. The van der Waals surface area contributed by atoms with E-state index in [0.29, 0.717) is 0 Å². The Labute approximate surface area is 179 Å². The van der Waals surface area contributed by atoms with E-state index in [2.05, 4.69) is 20.3 Å². The molecule has 1 fully saturated rings. The Bertz CT molecular complexity index is 1000. The van der Waals surface area contributed by atoms with E-state index in [0.717, 1.165) is 22.7 Å². The van der Waals surface area contributed by atoms with E-state index in [-0.39, 0.29) is 22.1 Å². The van der Waals surface area contributed by atoms with Crippen molar-refractivity contribution in [3.63, 3.8) is 0 Å². The van der Waals surface area contributed by atoms with Crippen LogP contribution in [0.5, 0.6) is 0 Å². The number of rotatable bonds is 7. The van der Waals surface area contributed by atoms with Crippen molar-refractivity contribution in [2.75, 3.05) is 18.2 Å². The zero-order valence-corrected chi connectivity index (χ0v) is 17.4. The molecule has 2 aromatic heterocycles. The Morgan fingerprint density at radius 2 is 2.10 bits per heavy atom. The summed E-state index contributed by atoms with van der Waals surface area (Å²) >= 11 is 1.10. The third-order valence-electron chi connectivity index (χ3n) is 4.95. The number of carbonyl (C=O) groups is 2. The van der Waals surface area contributed by atoms with Crippen LogP contribution in [-0.2, 0) is 20.1 Å². The van der Waals surface area contributed by atoms with Crippen LogP contribution in [0.3, 0.4) is 0 Å². The lowest BCUT2D eigenvalue weighted by Gasteiger charge is -2.30. The fraction of sp³-hybridized carbons (Fsp3) is 0.562. The molecule has 0 unspecified atom stereocenters. The molecule has 31 heavy (non-hydrogen) atoms. The zero-order valence-electron chi connectivity index (χ0n) is 16.5. The fourth-order valence-electron chi connectivity index (χ4n) is 3.19. The number of amides is 2. The summed E-state index contributed by atoms with van der Waals surface area (Å²) in [5.41, 5.74) is 8.79. The van der Waals surface area contributed by atoms with Crippen LogP contribution >= 0.6 is 11.8 Å². The molecule has 9 N–H and O–H groups in total. The zero-order chi connectivity index (χ0) is 23.1. The Hall–Kier alpha value is -2.40. The van der Waals surface area contributed by atoms with Crippen molar-refractivity contribution < 1.29 is 34.8 Å². The molecule has 0 aliphatic carbocycles. The average molecular weight is 457 g/mol. The number of aliphatic hydroxyl groups excluding tert-OH is 4. The molecule has 0 spiro atoms. The van der Waals surface area contributed by atoms with Gasteiger partial charge in [-0.05, 0) is 13.2 Å². The quantitative estimate of drug-likeness (QED) is 0.158. The van der Waals surface area contributed by atoms with E-state index >= 15 is 0 Å². The van der Waals surface area contributed by atoms with Crippen molar-refractivity contribution in [1.82, 2.24) is 19.5 Å². The summed E-state index contributed by atoms with van der Waals surface area (Å²) in [4.78, 5) is 37.2. The van der Waals surface area contributed by atoms with Gasteiger partial charge < -0.3 is 41.9 Å². The van der Waals surface area contributed by atoms with E-state index in [1.165, 1.54) is 6.92 Å². The Balaban J connectivity index is 2.17. The first kappa shape index (κ1) is 23.3. The van der Waals surface area contributed by atoms with Gasteiger partial charge in [0.25, 0.3) is 11.6 Å².